The predicted octanol–water partition coefficient (Wildman–Crippen LogP) is 1.67. The second-order valence-electron chi connectivity index (χ2n) is 3.94. The summed E-state index contributed by atoms with van der Waals surface area (Å²) in [6.45, 7) is 7.16. The van der Waals surface area contributed by atoms with Crippen LogP contribution in [0.4, 0.5) is 0 Å². The fourth-order valence-electron chi connectivity index (χ4n) is 1.65. The standard InChI is InChI=1S/C11H18N2O3/c1-4-13(9(3)6-11(14)15)7-10-5-8(2)12-16-10/h5,9H,4,6-7H2,1-3H3,(H,14,15). The van der Waals surface area contributed by atoms with Gasteiger partial charge in [-0.1, -0.05) is 12.1 Å². The molecule has 0 spiro atoms. The lowest BCUT2D eigenvalue weighted by Gasteiger charge is -2.25. The van der Waals surface area contributed by atoms with E-state index < -0.39 is 5.97 Å². The van der Waals surface area contributed by atoms with Crippen molar-refractivity contribution in [1.82, 2.24) is 10.1 Å². The first-order valence-corrected chi connectivity index (χ1v) is 5.41. The molecule has 0 bridgehead atoms. The van der Waals surface area contributed by atoms with Gasteiger partial charge in [0.15, 0.2) is 5.76 Å². The van der Waals surface area contributed by atoms with Crippen LogP contribution in [0.25, 0.3) is 0 Å². The van der Waals surface area contributed by atoms with Crippen LogP contribution >= 0.6 is 0 Å². The van der Waals surface area contributed by atoms with Crippen molar-refractivity contribution in [3.05, 3.63) is 17.5 Å². The number of rotatable bonds is 6. The average molecular weight is 226 g/mol. The fourth-order valence-corrected chi connectivity index (χ4v) is 1.65. The quantitative estimate of drug-likeness (QED) is 0.799. The molecule has 1 rings (SSSR count). The Labute approximate surface area is 95.0 Å². The maximum Gasteiger partial charge on any atom is 0.304 e. The molecule has 5 heteroatoms. The number of aromatic nitrogens is 1. The number of carboxylic acids is 1. The van der Waals surface area contributed by atoms with Crippen molar-refractivity contribution in [3.63, 3.8) is 0 Å². The lowest BCUT2D eigenvalue weighted by molar-refractivity contribution is -0.138. The summed E-state index contributed by atoms with van der Waals surface area (Å²) < 4.78 is 5.11. The number of aryl methyl sites for hydroxylation is 1. The van der Waals surface area contributed by atoms with Gasteiger partial charge < -0.3 is 9.63 Å². The minimum atomic E-state index is -0.778. The van der Waals surface area contributed by atoms with Gasteiger partial charge in [-0.15, -0.1) is 0 Å². The van der Waals surface area contributed by atoms with Gasteiger partial charge in [-0.3, -0.25) is 9.69 Å². The number of aliphatic carboxylic acids is 1. The molecule has 0 fully saturated rings. The average Bonchev–Trinajstić information content (AvgIpc) is 2.59. The third-order valence-corrected chi connectivity index (χ3v) is 2.54. The number of nitrogens with zero attached hydrogens (tertiary/aromatic N) is 2. The monoisotopic (exact) mass is 226 g/mol. The Balaban J connectivity index is 2.57. The molecule has 0 amide bonds. The molecule has 0 aromatic carbocycles. The summed E-state index contributed by atoms with van der Waals surface area (Å²) in [6, 6.07) is 1.86. The summed E-state index contributed by atoms with van der Waals surface area (Å²) in [5.41, 5.74) is 0.844. The topological polar surface area (TPSA) is 66.6 Å². The van der Waals surface area contributed by atoms with Crippen molar-refractivity contribution in [1.29, 1.82) is 0 Å². The zero-order chi connectivity index (χ0) is 12.1. The first-order valence-electron chi connectivity index (χ1n) is 5.41. The first kappa shape index (κ1) is 12.7. The Kier molecular flexibility index (Phi) is 4.49. The normalized spacial score (nSPS) is 13.0. The van der Waals surface area contributed by atoms with Crippen LogP contribution in [0.2, 0.25) is 0 Å². The maximum atomic E-state index is 10.6. The third kappa shape index (κ3) is 3.66. The van der Waals surface area contributed by atoms with Crippen molar-refractivity contribution in [2.45, 2.75) is 39.8 Å². The van der Waals surface area contributed by atoms with E-state index in [0.717, 1.165) is 18.0 Å². The number of hydrogen-bond donors (Lipinski definition) is 1. The SMILES string of the molecule is CCN(Cc1cc(C)no1)C(C)CC(=O)O. The first-order chi connectivity index (χ1) is 7.52. The molecule has 0 saturated carbocycles. The Morgan fingerprint density at radius 2 is 2.38 bits per heavy atom. The summed E-state index contributed by atoms with van der Waals surface area (Å²) in [4.78, 5) is 12.7. The van der Waals surface area contributed by atoms with Crippen LogP contribution in [0.1, 0.15) is 31.7 Å². The van der Waals surface area contributed by atoms with E-state index in [1.807, 2.05) is 31.7 Å². The smallest absolute Gasteiger partial charge is 0.304 e. The van der Waals surface area contributed by atoms with Crippen molar-refractivity contribution in [2.24, 2.45) is 0 Å². The van der Waals surface area contributed by atoms with Crippen LogP contribution in [-0.2, 0) is 11.3 Å². The van der Waals surface area contributed by atoms with Crippen molar-refractivity contribution in [3.8, 4) is 0 Å². The van der Waals surface area contributed by atoms with Crippen LogP contribution in [0, 0.1) is 6.92 Å². The van der Waals surface area contributed by atoms with Crippen molar-refractivity contribution < 1.29 is 14.4 Å². The lowest BCUT2D eigenvalue weighted by atomic mass is 10.2. The molecule has 0 aliphatic rings. The largest absolute Gasteiger partial charge is 0.481 e. The number of carboxylic acid groups (broad SMARTS) is 1. The van der Waals surface area contributed by atoms with E-state index in [4.69, 9.17) is 9.63 Å². The summed E-state index contributed by atoms with van der Waals surface area (Å²) in [5.74, 6) is -0.00344. The van der Waals surface area contributed by atoms with E-state index in [1.54, 1.807) is 0 Å². The van der Waals surface area contributed by atoms with Gasteiger partial charge in [0, 0.05) is 12.1 Å². The Hall–Kier alpha value is -1.36. The zero-order valence-corrected chi connectivity index (χ0v) is 9.93. The maximum absolute atomic E-state index is 10.6. The highest BCUT2D eigenvalue weighted by atomic mass is 16.5. The van der Waals surface area contributed by atoms with Crippen molar-refractivity contribution >= 4 is 5.97 Å². The van der Waals surface area contributed by atoms with Gasteiger partial charge in [-0.25, -0.2) is 0 Å². The zero-order valence-electron chi connectivity index (χ0n) is 9.93. The minimum Gasteiger partial charge on any atom is -0.481 e. The third-order valence-electron chi connectivity index (χ3n) is 2.54. The second-order valence-corrected chi connectivity index (χ2v) is 3.94. The highest BCUT2D eigenvalue weighted by Crippen LogP contribution is 2.11. The van der Waals surface area contributed by atoms with Crippen molar-refractivity contribution in [2.75, 3.05) is 6.54 Å². The summed E-state index contributed by atoms with van der Waals surface area (Å²) in [7, 11) is 0. The van der Waals surface area contributed by atoms with Gasteiger partial charge in [0.1, 0.15) is 0 Å². The van der Waals surface area contributed by atoms with E-state index in [-0.39, 0.29) is 12.5 Å². The van der Waals surface area contributed by atoms with Gasteiger partial charge in [-0.05, 0) is 20.4 Å². The fraction of sp³-hybridized carbons (Fsp3) is 0.636. The predicted molar refractivity (Wildman–Crippen MR) is 59.0 cm³/mol. The minimum absolute atomic E-state index is 0.00657. The van der Waals surface area contributed by atoms with Crippen LogP contribution in [-0.4, -0.2) is 33.7 Å². The van der Waals surface area contributed by atoms with E-state index in [0.29, 0.717) is 6.54 Å². The van der Waals surface area contributed by atoms with E-state index in [1.165, 1.54) is 0 Å². The summed E-state index contributed by atoms with van der Waals surface area (Å²) in [5, 5.41) is 12.5. The Morgan fingerprint density at radius 3 is 2.81 bits per heavy atom. The highest BCUT2D eigenvalue weighted by Gasteiger charge is 2.17. The molecule has 0 aliphatic carbocycles. The van der Waals surface area contributed by atoms with Crippen LogP contribution < -0.4 is 0 Å². The molecule has 5 nitrogen and oxygen atoms in total. The van der Waals surface area contributed by atoms with Crippen LogP contribution in [0.3, 0.4) is 0 Å². The molecule has 0 saturated heterocycles. The van der Waals surface area contributed by atoms with E-state index in [9.17, 15) is 4.79 Å². The second kappa shape index (κ2) is 5.65. The van der Waals surface area contributed by atoms with Gasteiger partial charge in [-0.2, -0.15) is 0 Å². The van der Waals surface area contributed by atoms with E-state index in [2.05, 4.69) is 5.16 Å². The molecular formula is C11H18N2O3. The van der Waals surface area contributed by atoms with Crippen LogP contribution in [0.15, 0.2) is 10.6 Å². The Bertz CT molecular complexity index is 349. The summed E-state index contributed by atoms with van der Waals surface area (Å²) in [6.07, 6.45) is 0.140. The molecule has 16 heavy (non-hydrogen) atoms. The van der Waals surface area contributed by atoms with Gasteiger partial charge in [0.25, 0.3) is 0 Å². The molecular weight excluding hydrogens is 208 g/mol. The number of carbonyl (C=O) groups is 1. The molecule has 1 aromatic rings. The molecule has 0 aliphatic heterocycles. The molecule has 1 heterocycles. The van der Waals surface area contributed by atoms with Gasteiger partial charge in [0.2, 0.25) is 0 Å². The van der Waals surface area contributed by atoms with E-state index >= 15 is 0 Å². The molecule has 1 atom stereocenters. The van der Waals surface area contributed by atoms with Gasteiger partial charge in [0.05, 0.1) is 18.7 Å². The molecule has 0 radical (unpaired) electrons. The molecule has 1 aromatic heterocycles. The van der Waals surface area contributed by atoms with Crippen LogP contribution in [0.5, 0.6) is 0 Å². The highest BCUT2D eigenvalue weighted by molar-refractivity contribution is 5.67. The molecule has 1 N–H and O–H groups in total. The molecule has 1 unspecified atom stereocenters. The summed E-state index contributed by atoms with van der Waals surface area (Å²) >= 11 is 0. The lowest BCUT2D eigenvalue weighted by Crippen LogP contribution is -2.33. The van der Waals surface area contributed by atoms with Gasteiger partial charge >= 0.3 is 5.97 Å². The Morgan fingerprint density at radius 1 is 1.69 bits per heavy atom. The number of hydrogen-bond acceptors (Lipinski definition) is 4. The molecule has 90 valence electrons.